The Labute approximate surface area is 149 Å². The number of ether oxygens (including phenoxy) is 2. The average molecular weight is 354 g/mol. The molecule has 0 unspecified atom stereocenters. The first-order valence-electron chi connectivity index (χ1n) is 8.55. The molecule has 0 spiro atoms. The Hall–Kier alpha value is -1.26. The molecule has 134 valence electrons. The lowest BCUT2D eigenvalue weighted by molar-refractivity contribution is -0.124. The molecule has 1 aromatic carbocycles. The SMILES string of the molecule is COC(C)(C)CCOc1ccc(NC(=O)C2(C)CCCC2)cc1Cl. The van der Waals surface area contributed by atoms with Crippen molar-refractivity contribution in [3.63, 3.8) is 0 Å². The van der Waals surface area contributed by atoms with Gasteiger partial charge in [-0.05, 0) is 44.9 Å². The van der Waals surface area contributed by atoms with Crippen LogP contribution in [0.1, 0.15) is 52.9 Å². The molecule has 2 rings (SSSR count). The Balaban J connectivity index is 1.93. The Morgan fingerprint density at radius 2 is 2.00 bits per heavy atom. The first-order valence-corrected chi connectivity index (χ1v) is 8.92. The number of methoxy groups -OCH3 is 1. The fourth-order valence-corrected chi connectivity index (χ4v) is 3.10. The van der Waals surface area contributed by atoms with Crippen LogP contribution in [-0.2, 0) is 9.53 Å². The monoisotopic (exact) mass is 353 g/mol. The summed E-state index contributed by atoms with van der Waals surface area (Å²) in [7, 11) is 1.69. The third-order valence-corrected chi connectivity index (χ3v) is 5.25. The second kappa shape index (κ2) is 7.75. The van der Waals surface area contributed by atoms with E-state index >= 15 is 0 Å². The number of halogens is 1. The molecule has 4 nitrogen and oxygen atoms in total. The van der Waals surface area contributed by atoms with Gasteiger partial charge in [0.15, 0.2) is 0 Å². The second-order valence-electron chi connectivity index (χ2n) is 7.43. The largest absolute Gasteiger partial charge is 0.492 e. The lowest BCUT2D eigenvalue weighted by Gasteiger charge is -2.23. The smallest absolute Gasteiger partial charge is 0.230 e. The van der Waals surface area contributed by atoms with E-state index in [4.69, 9.17) is 21.1 Å². The minimum atomic E-state index is -0.257. The van der Waals surface area contributed by atoms with Crippen molar-refractivity contribution in [2.45, 2.75) is 58.5 Å². The summed E-state index contributed by atoms with van der Waals surface area (Å²) in [6.07, 6.45) is 4.90. The molecule has 0 bridgehead atoms. The van der Waals surface area contributed by atoms with Crippen molar-refractivity contribution >= 4 is 23.2 Å². The van der Waals surface area contributed by atoms with Gasteiger partial charge in [-0.25, -0.2) is 0 Å². The van der Waals surface area contributed by atoms with Gasteiger partial charge in [0.1, 0.15) is 5.75 Å². The van der Waals surface area contributed by atoms with Crippen molar-refractivity contribution in [3.05, 3.63) is 23.2 Å². The standard InChI is InChI=1S/C19H28ClNO3/c1-18(2,23-4)11-12-24-16-8-7-14(13-15(16)20)21-17(22)19(3)9-5-6-10-19/h7-8,13H,5-6,9-12H2,1-4H3,(H,21,22). The van der Waals surface area contributed by atoms with Crippen LogP contribution in [-0.4, -0.2) is 25.2 Å². The number of carbonyl (C=O) groups excluding carboxylic acids is 1. The van der Waals surface area contributed by atoms with Gasteiger partial charge in [0.25, 0.3) is 0 Å². The van der Waals surface area contributed by atoms with Crippen LogP contribution in [0.5, 0.6) is 5.75 Å². The summed E-state index contributed by atoms with van der Waals surface area (Å²) in [6.45, 7) is 6.58. The van der Waals surface area contributed by atoms with Gasteiger partial charge in [-0.2, -0.15) is 0 Å². The molecule has 24 heavy (non-hydrogen) atoms. The Morgan fingerprint density at radius 3 is 2.58 bits per heavy atom. The Bertz CT molecular complexity index is 580. The highest BCUT2D eigenvalue weighted by atomic mass is 35.5. The molecule has 1 fully saturated rings. The van der Waals surface area contributed by atoms with Crippen LogP contribution in [0, 0.1) is 5.41 Å². The molecule has 0 aliphatic heterocycles. The van der Waals surface area contributed by atoms with Crippen molar-refractivity contribution in [1.29, 1.82) is 0 Å². The first-order chi connectivity index (χ1) is 11.3. The van der Waals surface area contributed by atoms with Gasteiger partial charge in [-0.3, -0.25) is 4.79 Å². The highest BCUT2D eigenvalue weighted by molar-refractivity contribution is 6.32. The molecule has 1 aliphatic carbocycles. The molecule has 1 aromatic rings. The highest BCUT2D eigenvalue weighted by Crippen LogP contribution is 2.39. The van der Waals surface area contributed by atoms with Gasteiger partial charge >= 0.3 is 0 Å². The van der Waals surface area contributed by atoms with Crippen LogP contribution in [0.15, 0.2) is 18.2 Å². The van der Waals surface area contributed by atoms with Crippen molar-refractivity contribution in [3.8, 4) is 5.75 Å². The zero-order valence-corrected chi connectivity index (χ0v) is 15.8. The van der Waals surface area contributed by atoms with Crippen LogP contribution in [0.3, 0.4) is 0 Å². The number of hydrogen-bond acceptors (Lipinski definition) is 3. The number of carbonyl (C=O) groups is 1. The van der Waals surface area contributed by atoms with Crippen molar-refractivity contribution in [2.75, 3.05) is 19.0 Å². The summed E-state index contributed by atoms with van der Waals surface area (Å²) in [4.78, 5) is 12.4. The van der Waals surface area contributed by atoms with Crippen LogP contribution in [0.2, 0.25) is 5.02 Å². The minimum Gasteiger partial charge on any atom is -0.492 e. The third kappa shape index (κ3) is 4.87. The maximum Gasteiger partial charge on any atom is 0.230 e. The second-order valence-corrected chi connectivity index (χ2v) is 7.84. The molecule has 1 saturated carbocycles. The van der Waals surface area contributed by atoms with Gasteiger partial charge in [0.05, 0.1) is 17.2 Å². The zero-order valence-electron chi connectivity index (χ0n) is 15.1. The summed E-state index contributed by atoms with van der Waals surface area (Å²) >= 11 is 6.28. The van der Waals surface area contributed by atoms with E-state index in [1.165, 1.54) is 0 Å². The molecule has 0 aromatic heterocycles. The summed E-state index contributed by atoms with van der Waals surface area (Å²) in [5, 5.41) is 3.48. The number of benzene rings is 1. The van der Waals surface area contributed by atoms with Gasteiger partial charge in [-0.15, -0.1) is 0 Å². The maximum atomic E-state index is 12.4. The van der Waals surface area contributed by atoms with Crippen LogP contribution < -0.4 is 10.1 Å². The molecule has 0 radical (unpaired) electrons. The van der Waals surface area contributed by atoms with Crippen molar-refractivity contribution in [1.82, 2.24) is 0 Å². The summed E-state index contributed by atoms with van der Waals surface area (Å²) < 4.78 is 11.1. The van der Waals surface area contributed by atoms with E-state index in [0.717, 1.165) is 32.1 Å². The average Bonchev–Trinajstić information content (AvgIpc) is 2.97. The van der Waals surface area contributed by atoms with E-state index in [1.54, 1.807) is 19.2 Å². The van der Waals surface area contributed by atoms with E-state index < -0.39 is 0 Å². The topological polar surface area (TPSA) is 47.6 Å². The van der Waals surface area contributed by atoms with Crippen LogP contribution in [0.4, 0.5) is 5.69 Å². The fraction of sp³-hybridized carbons (Fsp3) is 0.632. The molecule has 0 heterocycles. The Kier molecular flexibility index (Phi) is 6.16. The Morgan fingerprint density at radius 1 is 1.33 bits per heavy atom. The molecule has 1 aliphatic rings. The van der Waals surface area contributed by atoms with Crippen molar-refractivity contribution < 1.29 is 14.3 Å². The van der Waals surface area contributed by atoms with E-state index in [-0.39, 0.29) is 16.9 Å². The lowest BCUT2D eigenvalue weighted by atomic mass is 9.88. The zero-order chi connectivity index (χ0) is 17.8. The maximum absolute atomic E-state index is 12.4. The predicted molar refractivity (Wildman–Crippen MR) is 97.9 cm³/mol. The number of anilines is 1. The van der Waals surface area contributed by atoms with Gasteiger partial charge in [-0.1, -0.05) is 31.4 Å². The third-order valence-electron chi connectivity index (χ3n) is 4.96. The molecule has 1 amide bonds. The summed E-state index contributed by atoms with van der Waals surface area (Å²) in [5.74, 6) is 0.695. The molecular weight excluding hydrogens is 326 g/mol. The lowest BCUT2D eigenvalue weighted by Crippen LogP contribution is -2.30. The first kappa shape index (κ1) is 19.1. The molecule has 0 atom stereocenters. The number of amides is 1. The predicted octanol–water partition coefficient (Wildman–Crippen LogP) is 5.05. The molecule has 5 heteroatoms. The number of nitrogens with one attached hydrogen (secondary N) is 1. The fourth-order valence-electron chi connectivity index (χ4n) is 2.87. The summed E-state index contributed by atoms with van der Waals surface area (Å²) in [5.41, 5.74) is 0.229. The van der Waals surface area contributed by atoms with Gasteiger partial charge in [0, 0.05) is 24.6 Å². The van der Waals surface area contributed by atoms with E-state index in [0.29, 0.717) is 23.1 Å². The van der Waals surface area contributed by atoms with Crippen molar-refractivity contribution in [2.24, 2.45) is 5.41 Å². The van der Waals surface area contributed by atoms with E-state index in [1.807, 2.05) is 26.8 Å². The van der Waals surface area contributed by atoms with E-state index in [2.05, 4.69) is 5.32 Å². The van der Waals surface area contributed by atoms with Crippen LogP contribution >= 0.6 is 11.6 Å². The normalized spacial score (nSPS) is 16.9. The quantitative estimate of drug-likeness (QED) is 0.745. The number of hydrogen-bond donors (Lipinski definition) is 1. The molecule has 0 saturated heterocycles. The van der Waals surface area contributed by atoms with E-state index in [9.17, 15) is 4.79 Å². The number of rotatable bonds is 7. The van der Waals surface area contributed by atoms with Crippen LogP contribution in [0.25, 0.3) is 0 Å². The molecular formula is C19H28ClNO3. The summed E-state index contributed by atoms with van der Waals surface area (Å²) in [6, 6.07) is 5.38. The minimum absolute atomic E-state index is 0.0755. The van der Waals surface area contributed by atoms with Gasteiger partial charge in [0.2, 0.25) is 5.91 Å². The highest BCUT2D eigenvalue weighted by Gasteiger charge is 2.36. The van der Waals surface area contributed by atoms with Gasteiger partial charge < -0.3 is 14.8 Å². The molecule has 1 N–H and O–H groups in total.